The number of ether oxygens (including phenoxy) is 2. The predicted molar refractivity (Wildman–Crippen MR) is 74.3 cm³/mol. The van der Waals surface area contributed by atoms with Gasteiger partial charge in [0.05, 0.1) is 18.4 Å². The molecule has 0 radical (unpaired) electrons. The van der Waals surface area contributed by atoms with Crippen molar-refractivity contribution in [1.29, 1.82) is 0 Å². The maximum Gasteiger partial charge on any atom is 0.142 e. The number of anilines is 1. The highest BCUT2D eigenvalue weighted by atomic mass is 16.5. The number of para-hydroxylation sites is 2. The molecule has 1 aromatic carbocycles. The van der Waals surface area contributed by atoms with Crippen LogP contribution in [0.25, 0.3) is 0 Å². The van der Waals surface area contributed by atoms with Crippen molar-refractivity contribution in [3.8, 4) is 5.75 Å². The van der Waals surface area contributed by atoms with Crippen LogP contribution in [0.5, 0.6) is 5.75 Å². The van der Waals surface area contributed by atoms with Gasteiger partial charge in [0.25, 0.3) is 0 Å². The van der Waals surface area contributed by atoms with Crippen LogP contribution in [0.4, 0.5) is 5.69 Å². The molecule has 1 aliphatic carbocycles. The fourth-order valence-electron chi connectivity index (χ4n) is 2.53. The molecule has 0 aromatic heterocycles. The second-order valence-electron chi connectivity index (χ2n) is 4.78. The molecule has 3 heteroatoms. The van der Waals surface area contributed by atoms with E-state index in [-0.39, 0.29) is 0 Å². The lowest BCUT2D eigenvalue weighted by Crippen LogP contribution is -2.29. The molecule has 1 aliphatic rings. The number of nitrogens with one attached hydrogen (secondary N) is 1. The van der Waals surface area contributed by atoms with Crippen molar-refractivity contribution in [2.45, 2.75) is 44.8 Å². The highest BCUT2D eigenvalue weighted by molar-refractivity contribution is 5.56. The quantitative estimate of drug-likeness (QED) is 0.867. The van der Waals surface area contributed by atoms with E-state index in [1.807, 2.05) is 32.2 Å². The van der Waals surface area contributed by atoms with Gasteiger partial charge in [0.1, 0.15) is 5.75 Å². The summed E-state index contributed by atoms with van der Waals surface area (Å²) in [4.78, 5) is 0. The number of benzene rings is 1. The summed E-state index contributed by atoms with van der Waals surface area (Å²) >= 11 is 0. The van der Waals surface area contributed by atoms with Crippen molar-refractivity contribution in [2.75, 3.05) is 19.0 Å². The molecule has 1 aromatic rings. The lowest BCUT2D eigenvalue weighted by Gasteiger charge is -2.29. The summed E-state index contributed by atoms with van der Waals surface area (Å²) in [5.41, 5.74) is 1.11. The highest BCUT2D eigenvalue weighted by Gasteiger charge is 2.21. The Balaban J connectivity index is 1.93. The first-order valence-corrected chi connectivity index (χ1v) is 6.84. The van der Waals surface area contributed by atoms with E-state index in [0.717, 1.165) is 24.3 Å². The van der Waals surface area contributed by atoms with E-state index < -0.39 is 0 Å². The first-order chi connectivity index (χ1) is 8.83. The maximum absolute atomic E-state index is 5.63. The molecule has 0 aliphatic heterocycles. The molecule has 3 nitrogen and oxygen atoms in total. The predicted octanol–water partition coefficient (Wildman–Crippen LogP) is 3.45. The van der Waals surface area contributed by atoms with Crippen LogP contribution in [-0.2, 0) is 4.74 Å². The molecule has 100 valence electrons. The van der Waals surface area contributed by atoms with E-state index >= 15 is 0 Å². The van der Waals surface area contributed by atoms with Crippen LogP contribution < -0.4 is 10.1 Å². The smallest absolute Gasteiger partial charge is 0.142 e. The molecule has 0 saturated heterocycles. The second-order valence-corrected chi connectivity index (χ2v) is 4.78. The van der Waals surface area contributed by atoms with Gasteiger partial charge in [0.15, 0.2) is 0 Å². The number of methoxy groups -OCH3 is 1. The minimum absolute atomic E-state index is 0.449. The van der Waals surface area contributed by atoms with E-state index in [9.17, 15) is 0 Å². The first kappa shape index (κ1) is 13.2. The molecule has 2 rings (SSSR count). The highest BCUT2D eigenvalue weighted by Crippen LogP contribution is 2.28. The first-order valence-electron chi connectivity index (χ1n) is 6.84. The molecule has 1 fully saturated rings. The SMILES string of the molecule is CCOc1ccccc1NC1CCC(OC)CC1. The largest absolute Gasteiger partial charge is 0.492 e. The van der Waals surface area contributed by atoms with Crippen LogP contribution in [0.15, 0.2) is 24.3 Å². The molecule has 18 heavy (non-hydrogen) atoms. The van der Waals surface area contributed by atoms with E-state index in [0.29, 0.717) is 18.8 Å². The van der Waals surface area contributed by atoms with E-state index in [2.05, 4.69) is 11.4 Å². The fraction of sp³-hybridized carbons (Fsp3) is 0.600. The second kappa shape index (κ2) is 6.64. The van der Waals surface area contributed by atoms with Crippen molar-refractivity contribution < 1.29 is 9.47 Å². The Morgan fingerprint density at radius 2 is 1.89 bits per heavy atom. The summed E-state index contributed by atoms with van der Waals surface area (Å²) in [7, 11) is 1.81. The topological polar surface area (TPSA) is 30.5 Å². The van der Waals surface area contributed by atoms with E-state index in [1.165, 1.54) is 12.8 Å². The zero-order valence-electron chi connectivity index (χ0n) is 11.3. The monoisotopic (exact) mass is 249 g/mol. The fourth-order valence-corrected chi connectivity index (χ4v) is 2.53. The van der Waals surface area contributed by atoms with Gasteiger partial charge in [0.2, 0.25) is 0 Å². The van der Waals surface area contributed by atoms with Gasteiger partial charge in [-0.3, -0.25) is 0 Å². The molecule has 0 heterocycles. The van der Waals surface area contributed by atoms with E-state index in [1.54, 1.807) is 0 Å². The Hall–Kier alpha value is -1.22. The van der Waals surface area contributed by atoms with Crippen molar-refractivity contribution in [1.82, 2.24) is 0 Å². The molecular weight excluding hydrogens is 226 g/mol. The Labute approximate surface area is 109 Å². The summed E-state index contributed by atoms with van der Waals surface area (Å²) in [5, 5.41) is 3.60. The van der Waals surface area contributed by atoms with Crippen LogP contribution in [-0.4, -0.2) is 25.9 Å². The summed E-state index contributed by atoms with van der Waals surface area (Å²) in [6, 6.07) is 8.71. The van der Waals surface area contributed by atoms with E-state index in [4.69, 9.17) is 9.47 Å². The van der Waals surface area contributed by atoms with Crippen molar-refractivity contribution in [3.05, 3.63) is 24.3 Å². The van der Waals surface area contributed by atoms with Gasteiger partial charge in [0, 0.05) is 13.2 Å². The summed E-state index contributed by atoms with van der Waals surface area (Å²) in [6.45, 7) is 2.72. The number of rotatable bonds is 5. The maximum atomic E-state index is 5.63. The van der Waals surface area contributed by atoms with Gasteiger partial charge in [-0.2, -0.15) is 0 Å². The van der Waals surface area contributed by atoms with Crippen LogP contribution in [0.1, 0.15) is 32.6 Å². The Morgan fingerprint density at radius 1 is 1.17 bits per heavy atom. The molecule has 1 N–H and O–H groups in total. The zero-order chi connectivity index (χ0) is 12.8. The minimum Gasteiger partial charge on any atom is -0.492 e. The summed E-state index contributed by atoms with van der Waals surface area (Å²) in [6.07, 6.45) is 5.07. The van der Waals surface area contributed by atoms with Crippen molar-refractivity contribution >= 4 is 5.69 Å². The Bertz CT molecular complexity index is 359. The Kier molecular flexibility index (Phi) is 4.88. The third-order valence-corrected chi connectivity index (χ3v) is 3.55. The van der Waals surface area contributed by atoms with Crippen LogP contribution >= 0.6 is 0 Å². The molecule has 0 amide bonds. The van der Waals surface area contributed by atoms with Crippen LogP contribution in [0.3, 0.4) is 0 Å². The third-order valence-electron chi connectivity index (χ3n) is 3.55. The third kappa shape index (κ3) is 3.39. The summed E-state index contributed by atoms with van der Waals surface area (Å²) in [5.74, 6) is 0.953. The van der Waals surface area contributed by atoms with Crippen LogP contribution in [0, 0.1) is 0 Å². The van der Waals surface area contributed by atoms with Crippen molar-refractivity contribution in [3.63, 3.8) is 0 Å². The molecule has 0 atom stereocenters. The van der Waals surface area contributed by atoms with Gasteiger partial charge < -0.3 is 14.8 Å². The Morgan fingerprint density at radius 3 is 2.56 bits per heavy atom. The standard InChI is InChI=1S/C15H23NO2/c1-3-18-15-7-5-4-6-14(15)16-12-8-10-13(17-2)11-9-12/h4-7,12-13,16H,3,8-11H2,1-2H3. The van der Waals surface area contributed by atoms with Gasteiger partial charge in [-0.05, 0) is 44.7 Å². The molecule has 0 spiro atoms. The lowest BCUT2D eigenvalue weighted by molar-refractivity contribution is 0.0681. The van der Waals surface area contributed by atoms with Crippen molar-refractivity contribution in [2.24, 2.45) is 0 Å². The normalized spacial score (nSPS) is 23.7. The minimum atomic E-state index is 0.449. The van der Waals surface area contributed by atoms with Gasteiger partial charge in [-0.25, -0.2) is 0 Å². The number of hydrogen-bond donors (Lipinski definition) is 1. The lowest BCUT2D eigenvalue weighted by atomic mass is 9.93. The average molecular weight is 249 g/mol. The molecule has 0 unspecified atom stereocenters. The zero-order valence-corrected chi connectivity index (χ0v) is 11.3. The van der Waals surface area contributed by atoms with Crippen LogP contribution in [0.2, 0.25) is 0 Å². The van der Waals surface area contributed by atoms with Gasteiger partial charge in [-0.1, -0.05) is 12.1 Å². The average Bonchev–Trinajstić information content (AvgIpc) is 2.42. The number of hydrogen-bond acceptors (Lipinski definition) is 3. The van der Waals surface area contributed by atoms with Gasteiger partial charge >= 0.3 is 0 Å². The molecule has 1 saturated carbocycles. The summed E-state index contributed by atoms with van der Waals surface area (Å²) < 4.78 is 11.0. The molecular formula is C15H23NO2. The molecule has 0 bridgehead atoms. The van der Waals surface area contributed by atoms with Gasteiger partial charge in [-0.15, -0.1) is 0 Å².